The van der Waals surface area contributed by atoms with E-state index in [1.165, 1.54) is 19.3 Å². The SMILES string of the molecule is CCCCC/C=C/Cc1c(O)ccc(Cl)c1Cl. The molecule has 1 rings (SSSR count). The first-order valence-corrected chi connectivity index (χ1v) is 6.73. The standard InChI is InChI=1S/C14H18Cl2O/c1-2-3-4-5-6-7-8-11-13(17)10-9-12(15)14(11)16/h6-7,9-10,17H,2-5,8H2,1H3/b7-6+. The number of allylic oxidation sites excluding steroid dienone is 2. The van der Waals surface area contributed by atoms with Gasteiger partial charge in [0, 0.05) is 5.56 Å². The van der Waals surface area contributed by atoms with Gasteiger partial charge in [-0.2, -0.15) is 0 Å². The van der Waals surface area contributed by atoms with Crippen LogP contribution < -0.4 is 0 Å². The molecule has 0 fully saturated rings. The zero-order chi connectivity index (χ0) is 12.7. The van der Waals surface area contributed by atoms with Crippen molar-refractivity contribution >= 4 is 23.2 Å². The van der Waals surface area contributed by atoms with Gasteiger partial charge in [-0.1, -0.05) is 55.1 Å². The van der Waals surface area contributed by atoms with Crippen LogP contribution in [0.2, 0.25) is 10.0 Å². The van der Waals surface area contributed by atoms with Crippen LogP contribution in [0.5, 0.6) is 5.75 Å². The molecule has 0 bridgehead atoms. The Bertz CT molecular complexity index is 386. The van der Waals surface area contributed by atoms with Crippen LogP contribution in [0, 0.1) is 0 Å². The van der Waals surface area contributed by atoms with Crippen molar-refractivity contribution in [3.05, 3.63) is 39.9 Å². The number of unbranched alkanes of at least 4 members (excludes halogenated alkanes) is 3. The first-order chi connectivity index (χ1) is 8.16. The average molecular weight is 273 g/mol. The van der Waals surface area contributed by atoms with Gasteiger partial charge in [-0.25, -0.2) is 0 Å². The van der Waals surface area contributed by atoms with Gasteiger partial charge in [0.25, 0.3) is 0 Å². The van der Waals surface area contributed by atoms with E-state index in [2.05, 4.69) is 13.0 Å². The summed E-state index contributed by atoms with van der Waals surface area (Å²) in [6, 6.07) is 3.18. The van der Waals surface area contributed by atoms with Crippen LogP contribution in [0.1, 0.15) is 38.2 Å². The minimum atomic E-state index is 0.206. The lowest BCUT2D eigenvalue weighted by Gasteiger charge is -2.05. The van der Waals surface area contributed by atoms with Crippen LogP contribution in [0.15, 0.2) is 24.3 Å². The number of aromatic hydroxyl groups is 1. The Morgan fingerprint density at radius 3 is 2.65 bits per heavy atom. The summed E-state index contributed by atoms with van der Waals surface area (Å²) in [4.78, 5) is 0. The smallest absolute Gasteiger partial charge is 0.120 e. The van der Waals surface area contributed by atoms with E-state index < -0.39 is 0 Å². The summed E-state index contributed by atoms with van der Waals surface area (Å²) in [7, 11) is 0. The minimum absolute atomic E-state index is 0.206. The van der Waals surface area contributed by atoms with Crippen molar-refractivity contribution in [2.45, 2.75) is 39.0 Å². The van der Waals surface area contributed by atoms with Gasteiger partial charge in [-0.05, 0) is 31.4 Å². The molecule has 0 aliphatic carbocycles. The highest BCUT2D eigenvalue weighted by Gasteiger charge is 2.08. The monoisotopic (exact) mass is 272 g/mol. The molecule has 0 radical (unpaired) electrons. The number of halogens is 2. The van der Waals surface area contributed by atoms with Gasteiger partial charge >= 0.3 is 0 Å². The Hall–Kier alpha value is -0.660. The maximum absolute atomic E-state index is 9.68. The number of rotatable bonds is 6. The first-order valence-electron chi connectivity index (χ1n) is 5.97. The third-order valence-electron chi connectivity index (χ3n) is 2.63. The maximum atomic E-state index is 9.68. The van der Waals surface area contributed by atoms with E-state index in [1.807, 2.05) is 6.08 Å². The fraction of sp³-hybridized carbons (Fsp3) is 0.429. The molecular weight excluding hydrogens is 255 g/mol. The average Bonchev–Trinajstić information content (AvgIpc) is 2.32. The Balaban J connectivity index is 2.54. The lowest BCUT2D eigenvalue weighted by atomic mass is 10.1. The Morgan fingerprint density at radius 2 is 1.94 bits per heavy atom. The van der Waals surface area contributed by atoms with Crippen molar-refractivity contribution in [1.82, 2.24) is 0 Å². The van der Waals surface area contributed by atoms with Gasteiger partial charge in [0.2, 0.25) is 0 Å². The molecule has 3 heteroatoms. The van der Waals surface area contributed by atoms with E-state index >= 15 is 0 Å². The molecule has 1 N–H and O–H groups in total. The largest absolute Gasteiger partial charge is 0.508 e. The summed E-state index contributed by atoms with van der Waals surface area (Å²) in [5, 5.41) is 10.6. The molecule has 0 heterocycles. The Morgan fingerprint density at radius 1 is 1.18 bits per heavy atom. The fourth-order valence-electron chi connectivity index (χ4n) is 1.61. The summed E-state index contributed by atoms with van der Waals surface area (Å²) in [6.45, 7) is 2.19. The van der Waals surface area contributed by atoms with Gasteiger partial charge in [-0.15, -0.1) is 0 Å². The molecule has 0 aliphatic heterocycles. The fourth-order valence-corrected chi connectivity index (χ4v) is 2.02. The molecular formula is C14H18Cl2O. The third kappa shape index (κ3) is 4.61. The number of benzene rings is 1. The van der Waals surface area contributed by atoms with Crippen LogP contribution in [-0.2, 0) is 6.42 Å². The number of hydrogen-bond donors (Lipinski definition) is 1. The summed E-state index contributed by atoms with van der Waals surface area (Å²) in [5.41, 5.74) is 0.700. The van der Waals surface area contributed by atoms with Crippen LogP contribution in [-0.4, -0.2) is 5.11 Å². The van der Waals surface area contributed by atoms with Crippen molar-refractivity contribution in [3.8, 4) is 5.75 Å². The first kappa shape index (κ1) is 14.4. The normalized spacial score (nSPS) is 11.2. The molecule has 0 saturated heterocycles. The van der Waals surface area contributed by atoms with E-state index in [0.717, 1.165) is 6.42 Å². The Kier molecular flexibility index (Phi) is 6.46. The molecule has 0 atom stereocenters. The van der Waals surface area contributed by atoms with E-state index in [-0.39, 0.29) is 5.75 Å². The predicted octanol–water partition coefficient (Wildman–Crippen LogP) is 5.38. The molecule has 1 nitrogen and oxygen atoms in total. The van der Waals surface area contributed by atoms with Crippen molar-refractivity contribution < 1.29 is 5.11 Å². The highest BCUT2D eigenvalue weighted by atomic mass is 35.5. The van der Waals surface area contributed by atoms with Crippen LogP contribution in [0.3, 0.4) is 0 Å². The van der Waals surface area contributed by atoms with E-state index in [9.17, 15) is 5.11 Å². The summed E-state index contributed by atoms with van der Waals surface area (Å²) >= 11 is 11.9. The summed E-state index contributed by atoms with van der Waals surface area (Å²) < 4.78 is 0. The summed E-state index contributed by atoms with van der Waals surface area (Å²) in [6.07, 6.45) is 9.56. The zero-order valence-electron chi connectivity index (χ0n) is 10.0. The van der Waals surface area contributed by atoms with Gasteiger partial charge < -0.3 is 5.11 Å². The van der Waals surface area contributed by atoms with Gasteiger partial charge in [0.05, 0.1) is 10.0 Å². The molecule has 0 aromatic heterocycles. The number of phenols is 1. The molecule has 0 saturated carbocycles. The molecule has 1 aromatic rings. The number of phenolic OH excluding ortho intramolecular Hbond substituents is 1. The molecule has 0 amide bonds. The topological polar surface area (TPSA) is 20.2 Å². The van der Waals surface area contributed by atoms with Gasteiger partial charge in [0.15, 0.2) is 0 Å². The van der Waals surface area contributed by atoms with Crippen molar-refractivity contribution in [1.29, 1.82) is 0 Å². The second-order valence-corrected chi connectivity index (χ2v) is 4.82. The van der Waals surface area contributed by atoms with Crippen LogP contribution >= 0.6 is 23.2 Å². The maximum Gasteiger partial charge on any atom is 0.120 e. The van der Waals surface area contributed by atoms with Crippen molar-refractivity contribution in [3.63, 3.8) is 0 Å². The van der Waals surface area contributed by atoms with Gasteiger partial charge in [0.1, 0.15) is 5.75 Å². The molecule has 1 aromatic carbocycles. The Labute approximate surface area is 113 Å². The molecule has 94 valence electrons. The highest BCUT2D eigenvalue weighted by molar-refractivity contribution is 6.42. The number of hydrogen-bond acceptors (Lipinski definition) is 1. The minimum Gasteiger partial charge on any atom is -0.508 e. The second-order valence-electron chi connectivity index (χ2n) is 4.03. The lowest BCUT2D eigenvalue weighted by molar-refractivity contribution is 0.470. The zero-order valence-corrected chi connectivity index (χ0v) is 11.6. The third-order valence-corrected chi connectivity index (χ3v) is 3.48. The molecule has 0 spiro atoms. The predicted molar refractivity (Wildman–Crippen MR) is 75.1 cm³/mol. The van der Waals surface area contributed by atoms with E-state index in [1.54, 1.807) is 12.1 Å². The quantitative estimate of drug-likeness (QED) is 0.545. The van der Waals surface area contributed by atoms with Crippen LogP contribution in [0.4, 0.5) is 0 Å². The van der Waals surface area contributed by atoms with Crippen molar-refractivity contribution in [2.75, 3.05) is 0 Å². The van der Waals surface area contributed by atoms with Gasteiger partial charge in [-0.3, -0.25) is 0 Å². The van der Waals surface area contributed by atoms with E-state index in [4.69, 9.17) is 23.2 Å². The van der Waals surface area contributed by atoms with E-state index in [0.29, 0.717) is 22.0 Å². The second kappa shape index (κ2) is 7.62. The van der Waals surface area contributed by atoms with Crippen molar-refractivity contribution in [2.24, 2.45) is 0 Å². The van der Waals surface area contributed by atoms with Crippen LogP contribution in [0.25, 0.3) is 0 Å². The highest BCUT2D eigenvalue weighted by Crippen LogP contribution is 2.32. The molecule has 0 aliphatic rings. The summed E-state index contributed by atoms with van der Waals surface area (Å²) in [5.74, 6) is 0.206. The lowest BCUT2D eigenvalue weighted by Crippen LogP contribution is -1.85. The molecule has 0 unspecified atom stereocenters. The molecule has 17 heavy (non-hydrogen) atoms.